The first-order chi connectivity index (χ1) is 6.70. The number of rotatable bonds is 2. The van der Waals surface area contributed by atoms with Crippen LogP contribution in [0.5, 0.6) is 0 Å². The summed E-state index contributed by atoms with van der Waals surface area (Å²) in [7, 11) is 1.50. The van der Waals surface area contributed by atoms with Crippen molar-refractivity contribution in [2.45, 2.75) is 13.5 Å². The molecule has 2 heterocycles. The number of hydrogen-bond donors (Lipinski definition) is 1. The number of methoxy groups -OCH3 is 1. The van der Waals surface area contributed by atoms with Gasteiger partial charge in [0, 0.05) is 18.5 Å². The fraction of sp³-hybridized carbons (Fsp3) is 0.333. The molecule has 0 fully saturated rings. The predicted octanol–water partition coefficient (Wildman–Crippen LogP) is 1.07. The Bertz CT molecular complexity index is 468. The molecule has 0 aromatic carbocycles. The van der Waals surface area contributed by atoms with Crippen molar-refractivity contribution < 1.29 is 4.74 Å². The number of ether oxygens (including phenoxy) is 1. The third kappa shape index (κ3) is 1.37. The smallest absolute Gasteiger partial charge is 0.200 e. The minimum Gasteiger partial charge on any atom is -0.483 e. The molecule has 0 radical (unpaired) electrons. The van der Waals surface area contributed by atoms with Gasteiger partial charge >= 0.3 is 0 Å². The zero-order chi connectivity index (χ0) is 10.1. The van der Waals surface area contributed by atoms with Crippen LogP contribution in [0.4, 0.5) is 0 Å². The van der Waals surface area contributed by atoms with Crippen LogP contribution >= 0.6 is 0 Å². The molecule has 5 nitrogen and oxygen atoms in total. The molecule has 0 spiro atoms. The number of nitrogens with zero attached hydrogens (tertiary/aromatic N) is 3. The summed E-state index contributed by atoms with van der Waals surface area (Å²) in [6.45, 7) is 2.39. The summed E-state index contributed by atoms with van der Waals surface area (Å²) < 4.78 is 8.52. The Morgan fingerprint density at radius 1 is 1.57 bits per heavy atom. The third-order valence-corrected chi connectivity index (χ3v) is 2.08. The normalized spacial score (nSPS) is 10.7. The summed E-state index contributed by atoms with van der Waals surface area (Å²) in [4.78, 5) is 0. The van der Waals surface area contributed by atoms with Crippen molar-refractivity contribution in [2.75, 3.05) is 7.11 Å². The molecule has 5 heteroatoms. The Morgan fingerprint density at radius 2 is 2.36 bits per heavy atom. The largest absolute Gasteiger partial charge is 0.483 e. The molecule has 0 aliphatic rings. The summed E-state index contributed by atoms with van der Waals surface area (Å²) in [6, 6.07) is 1.98. The molecule has 1 N–H and O–H groups in total. The van der Waals surface area contributed by atoms with Gasteiger partial charge in [-0.15, -0.1) is 0 Å². The van der Waals surface area contributed by atoms with Gasteiger partial charge in [-0.25, -0.2) is 4.52 Å². The maximum Gasteiger partial charge on any atom is 0.200 e. The molecule has 0 bridgehead atoms. The summed E-state index contributed by atoms with van der Waals surface area (Å²) >= 11 is 0. The lowest BCUT2D eigenvalue weighted by Crippen LogP contribution is -2.09. The number of hydrogen-bond acceptors (Lipinski definition) is 3. The van der Waals surface area contributed by atoms with Gasteiger partial charge in [0.2, 0.25) is 5.90 Å². The highest BCUT2D eigenvalue weighted by atomic mass is 16.5. The molecule has 2 aromatic heterocycles. The molecule has 2 aromatic rings. The van der Waals surface area contributed by atoms with Crippen LogP contribution in [-0.4, -0.2) is 27.2 Å². The van der Waals surface area contributed by atoms with Crippen LogP contribution in [0, 0.1) is 12.3 Å². The van der Waals surface area contributed by atoms with Gasteiger partial charge in [-0.2, -0.15) is 5.10 Å². The molecule has 0 aliphatic carbocycles. The number of imidazole rings is 1. The second-order valence-electron chi connectivity index (χ2n) is 3.14. The SMILES string of the molecule is COC(=N)Cn1ccn2nc(C)cc12. The summed E-state index contributed by atoms with van der Waals surface area (Å²) in [6.07, 6.45) is 3.75. The van der Waals surface area contributed by atoms with Crippen LogP contribution in [0.25, 0.3) is 5.65 Å². The Balaban J connectivity index is 2.37. The average molecular weight is 192 g/mol. The highest BCUT2D eigenvalue weighted by Gasteiger charge is 2.05. The maximum atomic E-state index is 7.42. The Kier molecular flexibility index (Phi) is 1.99. The fourth-order valence-electron chi connectivity index (χ4n) is 1.40. The Morgan fingerprint density at radius 3 is 3.07 bits per heavy atom. The van der Waals surface area contributed by atoms with Crippen molar-refractivity contribution >= 4 is 11.5 Å². The van der Waals surface area contributed by atoms with Crippen LogP contribution in [0.3, 0.4) is 0 Å². The van der Waals surface area contributed by atoms with E-state index in [1.54, 1.807) is 4.52 Å². The van der Waals surface area contributed by atoms with E-state index in [0.717, 1.165) is 11.3 Å². The van der Waals surface area contributed by atoms with Crippen molar-refractivity contribution in [2.24, 2.45) is 0 Å². The van der Waals surface area contributed by atoms with E-state index in [1.165, 1.54) is 7.11 Å². The highest BCUT2D eigenvalue weighted by molar-refractivity contribution is 5.73. The van der Waals surface area contributed by atoms with Crippen LogP contribution < -0.4 is 0 Å². The number of aryl methyl sites for hydroxylation is 1. The van der Waals surface area contributed by atoms with Crippen LogP contribution in [0.1, 0.15) is 5.69 Å². The number of nitrogens with one attached hydrogen (secondary N) is 1. The van der Waals surface area contributed by atoms with E-state index in [-0.39, 0.29) is 5.90 Å². The Labute approximate surface area is 81.4 Å². The molecule has 2 rings (SSSR count). The lowest BCUT2D eigenvalue weighted by molar-refractivity contribution is 0.382. The lowest BCUT2D eigenvalue weighted by atomic mass is 10.5. The van der Waals surface area contributed by atoms with Crippen molar-refractivity contribution in [3.05, 3.63) is 24.2 Å². The monoisotopic (exact) mass is 192 g/mol. The van der Waals surface area contributed by atoms with Gasteiger partial charge in [0.25, 0.3) is 0 Å². The predicted molar refractivity (Wildman–Crippen MR) is 52.7 cm³/mol. The van der Waals surface area contributed by atoms with Gasteiger partial charge in [-0.05, 0) is 6.92 Å². The molecule has 0 atom stereocenters. The van der Waals surface area contributed by atoms with E-state index in [2.05, 4.69) is 5.10 Å². The lowest BCUT2D eigenvalue weighted by Gasteiger charge is -2.03. The van der Waals surface area contributed by atoms with Crippen molar-refractivity contribution in [1.82, 2.24) is 14.2 Å². The third-order valence-electron chi connectivity index (χ3n) is 2.08. The van der Waals surface area contributed by atoms with E-state index in [9.17, 15) is 0 Å². The second kappa shape index (κ2) is 3.17. The van der Waals surface area contributed by atoms with Gasteiger partial charge in [-0.1, -0.05) is 0 Å². The van der Waals surface area contributed by atoms with E-state index in [4.69, 9.17) is 10.1 Å². The Hall–Kier alpha value is -1.78. The van der Waals surface area contributed by atoms with E-state index in [1.807, 2.05) is 30.0 Å². The number of aromatic nitrogens is 3. The standard InChI is InChI=1S/C9H12N4O/c1-7-5-9-12(6-8(10)14-2)3-4-13(9)11-7/h3-5,10H,6H2,1-2H3. The quantitative estimate of drug-likeness (QED) is 0.571. The first-order valence-corrected chi connectivity index (χ1v) is 4.33. The molecule has 0 saturated carbocycles. The summed E-state index contributed by atoms with van der Waals surface area (Å²) in [5.74, 6) is 0.238. The van der Waals surface area contributed by atoms with Gasteiger partial charge in [0.05, 0.1) is 19.3 Å². The molecule has 0 amide bonds. The zero-order valence-corrected chi connectivity index (χ0v) is 8.19. The fourth-order valence-corrected chi connectivity index (χ4v) is 1.40. The first kappa shape index (κ1) is 8.80. The molecular formula is C9H12N4O. The molecule has 0 aliphatic heterocycles. The van der Waals surface area contributed by atoms with Gasteiger partial charge in [-0.3, -0.25) is 5.41 Å². The summed E-state index contributed by atoms with van der Waals surface area (Å²) in [5, 5.41) is 11.7. The second-order valence-corrected chi connectivity index (χ2v) is 3.14. The van der Waals surface area contributed by atoms with E-state index in [0.29, 0.717) is 6.54 Å². The maximum absolute atomic E-state index is 7.42. The van der Waals surface area contributed by atoms with E-state index < -0.39 is 0 Å². The molecule has 0 saturated heterocycles. The molecule has 14 heavy (non-hydrogen) atoms. The van der Waals surface area contributed by atoms with Gasteiger partial charge < -0.3 is 9.30 Å². The van der Waals surface area contributed by atoms with E-state index >= 15 is 0 Å². The van der Waals surface area contributed by atoms with Crippen molar-refractivity contribution in [3.8, 4) is 0 Å². The van der Waals surface area contributed by atoms with Crippen molar-refractivity contribution in [3.63, 3.8) is 0 Å². The topological polar surface area (TPSA) is 55.3 Å². The van der Waals surface area contributed by atoms with Crippen LogP contribution in [-0.2, 0) is 11.3 Å². The minimum atomic E-state index is 0.238. The van der Waals surface area contributed by atoms with Gasteiger partial charge in [0.15, 0.2) is 0 Å². The zero-order valence-electron chi connectivity index (χ0n) is 8.19. The molecular weight excluding hydrogens is 180 g/mol. The summed E-state index contributed by atoms with van der Waals surface area (Å²) in [5.41, 5.74) is 1.95. The minimum absolute atomic E-state index is 0.238. The van der Waals surface area contributed by atoms with Gasteiger partial charge in [0.1, 0.15) is 5.65 Å². The van der Waals surface area contributed by atoms with Crippen LogP contribution in [0.2, 0.25) is 0 Å². The van der Waals surface area contributed by atoms with Crippen molar-refractivity contribution in [1.29, 1.82) is 5.41 Å². The molecule has 0 unspecified atom stereocenters. The average Bonchev–Trinajstić information content (AvgIpc) is 2.67. The molecule has 74 valence electrons. The van der Waals surface area contributed by atoms with Crippen LogP contribution in [0.15, 0.2) is 18.5 Å². The number of fused-ring (bicyclic) bond motifs is 1. The highest BCUT2D eigenvalue weighted by Crippen LogP contribution is 2.07. The first-order valence-electron chi connectivity index (χ1n) is 4.33.